The predicted octanol–water partition coefficient (Wildman–Crippen LogP) is 2.07. The smallest absolute Gasteiger partial charge is 0.205 e. The van der Waals surface area contributed by atoms with Crippen LogP contribution in [0.3, 0.4) is 0 Å². The van der Waals surface area contributed by atoms with Crippen molar-refractivity contribution < 1.29 is 4.74 Å². The molecule has 20 heavy (non-hydrogen) atoms. The first kappa shape index (κ1) is 13.5. The summed E-state index contributed by atoms with van der Waals surface area (Å²) in [5, 5.41) is 5.35. The highest BCUT2D eigenvalue weighted by Crippen LogP contribution is 2.37. The average molecular weight is 293 g/mol. The first-order chi connectivity index (χ1) is 9.70. The molecule has 3 rings (SSSR count). The van der Waals surface area contributed by atoms with Crippen LogP contribution in [0.15, 0.2) is 6.20 Å². The van der Waals surface area contributed by atoms with Crippen LogP contribution in [0, 0.1) is 6.92 Å². The summed E-state index contributed by atoms with van der Waals surface area (Å²) in [6.45, 7) is 3.62. The summed E-state index contributed by atoms with van der Waals surface area (Å²) in [7, 11) is 3.65. The first-order valence-electron chi connectivity index (χ1n) is 6.77. The van der Waals surface area contributed by atoms with Gasteiger partial charge in [0.25, 0.3) is 0 Å². The minimum atomic E-state index is 0.368. The van der Waals surface area contributed by atoms with Crippen LogP contribution in [-0.4, -0.2) is 32.8 Å². The van der Waals surface area contributed by atoms with Gasteiger partial charge in [0.1, 0.15) is 6.61 Å². The van der Waals surface area contributed by atoms with Gasteiger partial charge >= 0.3 is 0 Å². The minimum absolute atomic E-state index is 0.368. The van der Waals surface area contributed by atoms with Gasteiger partial charge in [0.15, 0.2) is 5.82 Å². The number of hydrogen-bond donors (Lipinski definition) is 0. The summed E-state index contributed by atoms with van der Waals surface area (Å²) in [5.41, 5.74) is 2.53. The van der Waals surface area contributed by atoms with E-state index in [4.69, 9.17) is 4.74 Å². The first-order valence-corrected chi connectivity index (χ1v) is 7.54. The summed E-state index contributed by atoms with van der Waals surface area (Å²) in [5.74, 6) is 0.765. The summed E-state index contributed by atoms with van der Waals surface area (Å²) in [6.07, 6.45) is 4.30. The number of aromatic nitrogens is 4. The number of nitrogens with zero attached hydrogens (tertiary/aromatic N) is 5. The molecule has 0 amide bonds. The van der Waals surface area contributed by atoms with Crippen LogP contribution in [0.5, 0.6) is 0 Å². The number of aryl methyl sites for hydroxylation is 1. The zero-order valence-corrected chi connectivity index (χ0v) is 12.9. The van der Waals surface area contributed by atoms with E-state index in [0.717, 1.165) is 23.9 Å². The number of ether oxygens (including phenoxy) is 1. The Kier molecular flexibility index (Phi) is 3.71. The van der Waals surface area contributed by atoms with Gasteiger partial charge in [-0.05, 0) is 19.8 Å². The van der Waals surface area contributed by atoms with E-state index < -0.39 is 0 Å². The van der Waals surface area contributed by atoms with E-state index in [2.05, 4.69) is 26.3 Å². The summed E-state index contributed by atoms with van der Waals surface area (Å²) >= 11 is 1.46. The lowest BCUT2D eigenvalue weighted by atomic mass is 10.1. The van der Waals surface area contributed by atoms with Crippen molar-refractivity contribution >= 4 is 16.7 Å². The maximum Gasteiger partial charge on any atom is 0.205 e. The van der Waals surface area contributed by atoms with Gasteiger partial charge in [0.05, 0.1) is 12.2 Å². The number of anilines is 1. The molecule has 0 saturated carbocycles. The van der Waals surface area contributed by atoms with Crippen LogP contribution < -0.4 is 4.90 Å². The van der Waals surface area contributed by atoms with E-state index in [1.807, 2.05) is 17.9 Å². The molecule has 2 aromatic rings. The van der Waals surface area contributed by atoms with Gasteiger partial charge in [-0.2, -0.15) is 9.47 Å². The van der Waals surface area contributed by atoms with Crippen molar-refractivity contribution in [3.63, 3.8) is 0 Å². The molecule has 2 aromatic heterocycles. The van der Waals surface area contributed by atoms with E-state index in [1.165, 1.54) is 29.2 Å². The molecular weight excluding hydrogens is 274 g/mol. The topological polar surface area (TPSA) is 56.1 Å². The van der Waals surface area contributed by atoms with Crippen molar-refractivity contribution in [2.45, 2.75) is 32.4 Å². The van der Waals surface area contributed by atoms with Crippen LogP contribution in [0.25, 0.3) is 0 Å². The normalized spacial score (nSPS) is 18.9. The molecule has 0 radical (unpaired) electrons. The summed E-state index contributed by atoms with van der Waals surface area (Å²) in [4.78, 5) is 6.92. The molecule has 108 valence electrons. The van der Waals surface area contributed by atoms with Gasteiger partial charge in [-0.3, -0.25) is 4.68 Å². The molecule has 1 aliphatic rings. The van der Waals surface area contributed by atoms with Crippen molar-refractivity contribution in [3.8, 4) is 0 Å². The number of methoxy groups -OCH3 is 1. The van der Waals surface area contributed by atoms with E-state index >= 15 is 0 Å². The molecule has 0 N–H and O–H groups in total. The van der Waals surface area contributed by atoms with Crippen LogP contribution >= 0.6 is 11.5 Å². The zero-order chi connectivity index (χ0) is 14.1. The lowest BCUT2D eigenvalue weighted by Crippen LogP contribution is -2.22. The van der Waals surface area contributed by atoms with Gasteiger partial charge in [-0.15, -0.1) is 0 Å². The molecule has 7 heteroatoms. The van der Waals surface area contributed by atoms with Crippen molar-refractivity contribution in [1.82, 2.24) is 19.1 Å². The highest BCUT2D eigenvalue weighted by Gasteiger charge is 2.30. The SMILES string of the molecule is COCc1nsc(N2CCC[C@H]2c2cnn(C)c2C)n1. The maximum atomic E-state index is 5.09. The second-order valence-corrected chi connectivity index (χ2v) is 5.82. The van der Waals surface area contributed by atoms with E-state index in [0.29, 0.717) is 12.6 Å². The molecule has 0 unspecified atom stereocenters. The third kappa shape index (κ3) is 2.31. The summed E-state index contributed by atoms with van der Waals surface area (Å²) < 4.78 is 11.4. The zero-order valence-electron chi connectivity index (χ0n) is 12.0. The van der Waals surface area contributed by atoms with Gasteiger partial charge < -0.3 is 9.64 Å². The van der Waals surface area contributed by atoms with Crippen LogP contribution in [0.2, 0.25) is 0 Å². The highest BCUT2D eigenvalue weighted by atomic mass is 32.1. The Balaban J connectivity index is 1.86. The van der Waals surface area contributed by atoms with Crippen molar-refractivity contribution in [2.24, 2.45) is 7.05 Å². The van der Waals surface area contributed by atoms with Crippen molar-refractivity contribution in [3.05, 3.63) is 23.3 Å². The second-order valence-electron chi connectivity index (χ2n) is 5.09. The molecule has 0 aliphatic carbocycles. The molecule has 1 atom stereocenters. The lowest BCUT2D eigenvalue weighted by molar-refractivity contribution is 0.179. The molecule has 0 spiro atoms. The molecule has 6 nitrogen and oxygen atoms in total. The number of rotatable bonds is 4. The highest BCUT2D eigenvalue weighted by molar-refractivity contribution is 7.09. The maximum absolute atomic E-state index is 5.09. The van der Waals surface area contributed by atoms with Gasteiger partial charge in [0, 0.05) is 43.5 Å². The fraction of sp³-hybridized carbons (Fsp3) is 0.615. The molecular formula is C13H19N5OS. The average Bonchev–Trinajstić information content (AvgIpc) is 3.12. The third-order valence-electron chi connectivity index (χ3n) is 3.86. The second kappa shape index (κ2) is 5.49. The molecule has 1 saturated heterocycles. The van der Waals surface area contributed by atoms with Crippen molar-refractivity contribution in [1.29, 1.82) is 0 Å². The molecule has 1 aliphatic heterocycles. The molecule has 3 heterocycles. The minimum Gasteiger partial charge on any atom is -0.377 e. The van der Waals surface area contributed by atoms with Gasteiger partial charge in [-0.1, -0.05) is 0 Å². The Bertz CT molecular complexity index is 593. The monoisotopic (exact) mass is 293 g/mol. The van der Waals surface area contributed by atoms with Crippen LogP contribution in [-0.2, 0) is 18.4 Å². The van der Waals surface area contributed by atoms with Gasteiger partial charge in [0.2, 0.25) is 5.13 Å². The Labute approximate surface area is 122 Å². The van der Waals surface area contributed by atoms with E-state index in [9.17, 15) is 0 Å². The molecule has 0 bridgehead atoms. The summed E-state index contributed by atoms with van der Waals surface area (Å²) in [6, 6.07) is 0.368. The van der Waals surface area contributed by atoms with Crippen LogP contribution in [0.1, 0.15) is 36.0 Å². The largest absolute Gasteiger partial charge is 0.377 e. The Hall–Kier alpha value is -1.47. The Morgan fingerprint density at radius 2 is 2.35 bits per heavy atom. The Morgan fingerprint density at radius 3 is 3.05 bits per heavy atom. The fourth-order valence-electron chi connectivity index (χ4n) is 2.71. The molecule has 0 aromatic carbocycles. The lowest BCUT2D eigenvalue weighted by Gasteiger charge is -2.23. The van der Waals surface area contributed by atoms with E-state index in [-0.39, 0.29) is 0 Å². The standard InChI is InChI=1S/C13H19N5OS/c1-9-10(7-14-17(9)2)11-5-4-6-18(11)13-15-12(8-19-3)16-20-13/h7,11H,4-6,8H2,1-3H3/t11-/m0/s1. The third-order valence-corrected chi connectivity index (χ3v) is 4.65. The Morgan fingerprint density at radius 1 is 1.50 bits per heavy atom. The molecule has 1 fully saturated rings. The predicted molar refractivity (Wildman–Crippen MR) is 77.9 cm³/mol. The number of hydrogen-bond acceptors (Lipinski definition) is 6. The van der Waals surface area contributed by atoms with E-state index in [1.54, 1.807) is 7.11 Å². The van der Waals surface area contributed by atoms with Crippen molar-refractivity contribution in [2.75, 3.05) is 18.6 Å². The van der Waals surface area contributed by atoms with Gasteiger partial charge in [-0.25, -0.2) is 4.98 Å². The van der Waals surface area contributed by atoms with Crippen LogP contribution in [0.4, 0.5) is 5.13 Å². The fourth-order valence-corrected chi connectivity index (χ4v) is 3.46. The quantitative estimate of drug-likeness (QED) is 0.863.